The largest absolute Gasteiger partial charge is 0.416 e. The van der Waals surface area contributed by atoms with Gasteiger partial charge in [0.15, 0.2) is 0 Å². The van der Waals surface area contributed by atoms with Crippen molar-refractivity contribution in [1.29, 1.82) is 0 Å². The van der Waals surface area contributed by atoms with Gasteiger partial charge in [0.2, 0.25) is 0 Å². The molecule has 0 atom stereocenters. The second kappa shape index (κ2) is 7.47. The monoisotopic (exact) mass is 374 g/mol. The minimum atomic E-state index is -4.43. The molecule has 0 aliphatic carbocycles. The topological polar surface area (TPSA) is 95.6 Å². The molecule has 0 aromatic heterocycles. The number of alkyl halides is 3. The Bertz CT molecular complexity index is 790. The maximum Gasteiger partial charge on any atom is 0.416 e. The molecule has 2 aromatic carbocycles. The Labute approximate surface area is 142 Å². The summed E-state index contributed by atoms with van der Waals surface area (Å²) in [6.07, 6.45) is -3.92. The van der Waals surface area contributed by atoms with Crippen LogP contribution in [0.4, 0.5) is 24.5 Å². The van der Waals surface area contributed by atoms with E-state index in [1.165, 1.54) is 6.07 Å². The molecule has 0 heterocycles. The van der Waals surface area contributed by atoms with Gasteiger partial charge in [-0.3, -0.25) is 4.57 Å². The van der Waals surface area contributed by atoms with Gasteiger partial charge in [0.25, 0.3) is 0 Å². The molecule has 0 fully saturated rings. The fourth-order valence-corrected chi connectivity index (χ4v) is 2.70. The van der Waals surface area contributed by atoms with E-state index in [1.807, 2.05) is 6.07 Å². The Hall–Kier alpha value is -2.02. The van der Waals surface area contributed by atoms with Gasteiger partial charge in [0.05, 0.1) is 5.56 Å². The van der Waals surface area contributed by atoms with Crippen LogP contribution in [-0.2, 0) is 23.6 Å². The zero-order chi connectivity index (χ0) is 18.7. The second-order valence-electron chi connectivity index (χ2n) is 5.61. The molecular weight excluding hydrogens is 356 g/mol. The van der Waals surface area contributed by atoms with E-state index in [0.29, 0.717) is 24.1 Å². The normalized spacial score (nSPS) is 12.2. The smallest absolute Gasteiger partial charge is 0.398 e. The van der Waals surface area contributed by atoms with Crippen molar-refractivity contribution in [1.82, 2.24) is 0 Å². The van der Waals surface area contributed by atoms with Gasteiger partial charge in [-0.15, -0.1) is 0 Å². The predicted octanol–water partition coefficient (Wildman–Crippen LogP) is 3.62. The minimum absolute atomic E-state index is 0.0885. The van der Waals surface area contributed by atoms with E-state index in [1.54, 1.807) is 18.2 Å². The quantitative estimate of drug-likeness (QED) is 0.458. The first kappa shape index (κ1) is 19.3. The lowest BCUT2D eigenvalue weighted by Crippen LogP contribution is -2.07. The fourth-order valence-electron chi connectivity index (χ4n) is 2.31. The van der Waals surface area contributed by atoms with Crippen molar-refractivity contribution in [3.63, 3.8) is 0 Å². The van der Waals surface area contributed by atoms with Crippen LogP contribution in [0.1, 0.15) is 16.7 Å². The first-order chi connectivity index (χ1) is 11.5. The number of nitrogens with one attached hydrogen (secondary N) is 1. The van der Waals surface area contributed by atoms with Gasteiger partial charge in [-0.2, -0.15) is 13.2 Å². The summed E-state index contributed by atoms with van der Waals surface area (Å²) in [5, 5.41) is 2.65. The van der Waals surface area contributed by atoms with Crippen molar-refractivity contribution in [2.24, 2.45) is 0 Å². The van der Waals surface area contributed by atoms with E-state index in [2.05, 4.69) is 5.32 Å². The van der Waals surface area contributed by atoms with Gasteiger partial charge in [-0.1, -0.05) is 18.2 Å². The molecule has 136 valence electrons. The maximum atomic E-state index is 12.6. The molecule has 2 aromatic rings. The summed E-state index contributed by atoms with van der Waals surface area (Å²) in [6.45, 7) is 0. The second-order valence-corrected chi connectivity index (χ2v) is 7.26. The molecule has 0 saturated heterocycles. The van der Waals surface area contributed by atoms with Crippen LogP contribution >= 0.6 is 7.60 Å². The molecule has 0 radical (unpaired) electrons. The highest BCUT2D eigenvalue weighted by Crippen LogP contribution is 2.34. The first-order valence-corrected chi connectivity index (χ1v) is 9.17. The van der Waals surface area contributed by atoms with Crippen LogP contribution in [0.2, 0.25) is 0 Å². The van der Waals surface area contributed by atoms with Crippen molar-refractivity contribution in [3.05, 3.63) is 59.2 Å². The molecular formula is C16H18F3N2O3P. The summed E-state index contributed by atoms with van der Waals surface area (Å²) in [5.74, 6) is 0. The Morgan fingerprint density at radius 3 is 2.40 bits per heavy atom. The highest BCUT2D eigenvalue weighted by Gasteiger charge is 2.30. The van der Waals surface area contributed by atoms with Gasteiger partial charge in [-0.25, -0.2) is 0 Å². The van der Waals surface area contributed by atoms with Gasteiger partial charge in [0.1, 0.15) is 6.29 Å². The highest BCUT2D eigenvalue weighted by atomic mass is 31.2. The molecule has 0 aliphatic rings. The SMILES string of the molecule is Nc1cc(C(F)(F)F)ccc1CCc1cccc(NCP(=O)(O)O)c1. The molecule has 9 heteroatoms. The third-order valence-corrected chi connectivity index (χ3v) is 4.14. The lowest BCUT2D eigenvalue weighted by atomic mass is 10.0. The summed E-state index contributed by atoms with van der Waals surface area (Å²) >= 11 is 0. The molecule has 0 bridgehead atoms. The number of hydrogen-bond donors (Lipinski definition) is 4. The number of benzene rings is 2. The van der Waals surface area contributed by atoms with Crippen LogP contribution < -0.4 is 11.1 Å². The van der Waals surface area contributed by atoms with Crippen LogP contribution in [0.25, 0.3) is 0 Å². The predicted molar refractivity (Wildman–Crippen MR) is 90.2 cm³/mol. The number of halogens is 3. The first-order valence-electron chi connectivity index (χ1n) is 7.37. The molecule has 0 aliphatic heterocycles. The van der Waals surface area contributed by atoms with Gasteiger partial charge >= 0.3 is 13.8 Å². The van der Waals surface area contributed by atoms with E-state index in [4.69, 9.17) is 15.5 Å². The lowest BCUT2D eigenvalue weighted by Gasteiger charge is -2.12. The Morgan fingerprint density at radius 1 is 1.08 bits per heavy atom. The van der Waals surface area contributed by atoms with E-state index in [9.17, 15) is 17.7 Å². The van der Waals surface area contributed by atoms with Crippen molar-refractivity contribution in [2.45, 2.75) is 19.0 Å². The molecule has 0 unspecified atom stereocenters. The standard InChI is InChI=1S/C16H18F3N2O3P/c17-16(18,19)13-7-6-12(15(20)9-13)5-4-11-2-1-3-14(8-11)21-10-25(22,23)24/h1-3,6-9,21H,4-5,10,20H2,(H2,22,23,24). The van der Waals surface area contributed by atoms with E-state index >= 15 is 0 Å². The lowest BCUT2D eigenvalue weighted by molar-refractivity contribution is -0.137. The third-order valence-electron chi connectivity index (χ3n) is 3.57. The Morgan fingerprint density at radius 2 is 1.80 bits per heavy atom. The third kappa shape index (κ3) is 6.08. The summed E-state index contributed by atoms with van der Waals surface area (Å²) < 4.78 is 48.8. The van der Waals surface area contributed by atoms with Crippen molar-refractivity contribution >= 4 is 19.0 Å². The molecule has 5 N–H and O–H groups in total. The fraction of sp³-hybridized carbons (Fsp3) is 0.250. The van der Waals surface area contributed by atoms with Gasteiger partial charge in [0, 0.05) is 11.4 Å². The van der Waals surface area contributed by atoms with Crippen LogP contribution in [-0.4, -0.2) is 16.1 Å². The van der Waals surface area contributed by atoms with E-state index < -0.39 is 25.6 Å². The van der Waals surface area contributed by atoms with Crippen LogP contribution in [0, 0.1) is 0 Å². The van der Waals surface area contributed by atoms with Crippen LogP contribution in [0.3, 0.4) is 0 Å². The summed E-state index contributed by atoms with van der Waals surface area (Å²) in [7, 11) is -4.15. The van der Waals surface area contributed by atoms with Gasteiger partial charge < -0.3 is 20.8 Å². The number of rotatable bonds is 6. The molecule has 5 nitrogen and oxygen atoms in total. The van der Waals surface area contributed by atoms with Gasteiger partial charge in [-0.05, 0) is 48.2 Å². The number of nitrogens with two attached hydrogens (primary N) is 1. The molecule has 0 saturated carbocycles. The highest BCUT2D eigenvalue weighted by molar-refractivity contribution is 7.51. The number of anilines is 2. The maximum absolute atomic E-state index is 12.6. The number of nitrogen functional groups attached to an aromatic ring is 1. The molecule has 0 amide bonds. The minimum Gasteiger partial charge on any atom is -0.398 e. The zero-order valence-corrected chi connectivity index (χ0v) is 14.0. The number of aryl methyl sites for hydroxylation is 2. The number of hydrogen-bond acceptors (Lipinski definition) is 3. The van der Waals surface area contributed by atoms with E-state index in [0.717, 1.165) is 17.7 Å². The van der Waals surface area contributed by atoms with E-state index in [-0.39, 0.29) is 5.69 Å². The van der Waals surface area contributed by atoms with Crippen molar-refractivity contribution < 1.29 is 27.5 Å². The summed E-state index contributed by atoms with van der Waals surface area (Å²) in [4.78, 5) is 17.7. The van der Waals surface area contributed by atoms with Crippen molar-refractivity contribution in [3.8, 4) is 0 Å². The molecule has 25 heavy (non-hydrogen) atoms. The molecule has 0 spiro atoms. The van der Waals surface area contributed by atoms with Crippen LogP contribution in [0.5, 0.6) is 0 Å². The Kier molecular flexibility index (Phi) is 5.77. The average Bonchev–Trinajstić information content (AvgIpc) is 2.50. The Balaban J connectivity index is 2.03. The summed E-state index contributed by atoms with van der Waals surface area (Å²) in [6, 6.07) is 10.3. The summed E-state index contributed by atoms with van der Waals surface area (Å²) in [5.41, 5.74) is 7.06. The molecule has 2 rings (SSSR count). The average molecular weight is 374 g/mol. The van der Waals surface area contributed by atoms with Crippen molar-refractivity contribution in [2.75, 3.05) is 17.3 Å². The zero-order valence-electron chi connectivity index (χ0n) is 13.1. The van der Waals surface area contributed by atoms with Crippen LogP contribution in [0.15, 0.2) is 42.5 Å².